The molecular formula is C21H24Cl3NO4. The first-order valence-corrected chi connectivity index (χ1v) is 9.87. The summed E-state index contributed by atoms with van der Waals surface area (Å²) in [5, 5.41) is 10.1. The third-order valence-electron chi connectivity index (χ3n) is 4.91. The van der Waals surface area contributed by atoms with Gasteiger partial charge in [-0.05, 0) is 36.8 Å². The van der Waals surface area contributed by atoms with Crippen molar-refractivity contribution in [1.29, 1.82) is 0 Å². The van der Waals surface area contributed by atoms with E-state index in [9.17, 15) is 4.79 Å². The molecule has 8 heteroatoms. The van der Waals surface area contributed by atoms with Crippen LogP contribution in [0.15, 0.2) is 42.5 Å². The molecule has 29 heavy (non-hydrogen) atoms. The number of carboxylic acid groups (broad SMARTS) is 1. The summed E-state index contributed by atoms with van der Waals surface area (Å²) in [5.74, 6) is -0.0739. The van der Waals surface area contributed by atoms with Gasteiger partial charge < -0.3 is 14.6 Å². The van der Waals surface area contributed by atoms with E-state index in [4.69, 9.17) is 37.8 Å². The number of halogens is 3. The molecule has 1 aliphatic rings. The largest absolute Gasteiger partial charge is 0.489 e. The molecule has 2 aromatic carbocycles. The Kier molecular flexibility index (Phi) is 8.61. The molecule has 158 valence electrons. The summed E-state index contributed by atoms with van der Waals surface area (Å²) in [7, 11) is 0. The molecule has 0 radical (unpaired) electrons. The van der Waals surface area contributed by atoms with Gasteiger partial charge in [-0.3, -0.25) is 9.69 Å². The average Bonchev–Trinajstić information content (AvgIpc) is 2.66. The fourth-order valence-corrected chi connectivity index (χ4v) is 3.81. The van der Waals surface area contributed by atoms with Crippen molar-refractivity contribution >= 4 is 41.6 Å². The van der Waals surface area contributed by atoms with Crippen molar-refractivity contribution in [2.75, 3.05) is 26.2 Å². The first kappa shape index (κ1) is 23.8. The molecule has 0 spiro atoms. The molecule has 1 unspecified atom stereocenters. The molecule has 1 aliphatic heterocycles. The van der Waals surface area contributed by atoms with Crippen LogP contribution in [0.25, 0.3) is 0 Å². The Balaban J connectivity index is 0.00000300. The molecule has 0 amide bonds. The lowest BCUT2D eigenvalue weighted by Crippen LogP contribution is -2.48. The molecule has 1 N–H and O–H groups in total. The molecule has 1 fully saturated rings. The maximum absolute atomic E-state index is 10.8. The van der Waals surface area contributed by atoms with Crippen LogP contribution in [-0.2, 0) is 21.7 Å². The Bertz CT molecular complexity index is 811. The van der Waals surface area contributed by atoms with Gasteiger partial charge in [0.05, 0.1) is 13.0 Å². The summed E-state index contributed by atoms with van der Waals surface area (Å²) in [6, 6.07) is 13.1. The molecule has 0 aromatic heterocycles. The van der Waals surface area contributed by atoms with E-state index in [1.54, 1.807) is 18.2 Å². The highest BCUT2D eigenvalue weighted by molar-refractivity contribution is 6.35. The zero-order valence-electron chi connectivity index (χ0n) is 16.1. The number of carboxylic acids is 1. The van der Waals surface area contributed by atoms with E-state index in [0.717, 1.165) is 17.7 Å². The molecule has 1 atom stereocenters. The average molecular weight is 461 g/mol. The van der Waals surface area contributed by atoms with Crippen molar-refractivity contribution in [2.24, 2.45) is 0 Å². The number of benzene rings is 2. The van der Waals surface area contributed by atoms with Crippen LogP contribution in [0.4, 0.5) is 0 Å². The Morgan fingerprint density at radius 1 is 1.21 bits per heavy atom. The van der Waals surface area contributed by atoms with Crippen LogP contribution in [-0.4, -0.2) is 42.2 Å². The fraction of sp³-hybridized carbons (Fsp3) is 0.381. The van der Waals surface area contributed by atoms with Gasteiger partial charge in [-0.1, -0.05) is 41.4 Å². The molecule has 5 nitrogen and oxygen atoms in total. The minimum absolute atomic E-state index is 0. The molecule has 2 aromatic rings. The second kappa shape index (κ2) is 10.5. The Labute approximate surface area is 186 Å². The minimum atomic E-state index is -0.784. The quantitative estimate of drug-likeness (QED) is 0.629. The van der Waals surface area contributed by atoms with Crippen LogP contribution in [0.3, 0.4) is 0 Å². The summed E-state index contributed by atoms with van der Waals surface area (Å²) < 4.78 is 11.9. The SMILES string of the molecule is CC1(c2ccc(OCc3c(Cl)cccc3Cl)cc2)CN(CCC(=O)O)CCO1.Cl. The topological polar surface area (TPSA) is 59.0 Å². The fourth-order valence-electron chi connectivity index (χ4n) is 3.30. The van der Waals surface area contributed by atoms with Crippen molar-refractivity contribution in [3.8, 4) is 5.75 Å². The van der Waals surface area contributed by atoms with Gasteiger partial charge in [-0.15, -0.1) is 12.4 Å². The summed E-state index contributed by atoms with van der Waals surface area (Å²) in [5.41, 5.74) is 1.30. The Morgan fingerprint density at radius 2 is 1.86 bits per heavy atom. The maximum Gasteiger partial charge on any atom is 0.304 e. The van der Waals surface area contributed by atoms with Crippen LogP contribution < -0.4 is 4.74 Å². The van der Waals surface area contributed by atoms with Gasteiger partial charge in [0, 0.05) is 35.2 Å². The van der Waals surface area contributed by atoms with E-state index in [-0.39, 0.29) is 25.4 Å². The first-order chi connectivity index (χ1) is 13.4. The second-order valence-electron chi connectivity index (χ2n) is 7.01. The van der Waals surface area contributed by atoms with Crippen LogP contribution in [0, 0.1) is 0 Å². The van der Waals surface area contributed by atoms with Crippen molar-refractivity contribution in [3.05, 3.63) is 63.6 Å². The molecule has 1 heterocycles. The number of nitrogens with zero attached hydrogens (tertiary/aromatic N) is 1. The van der Waals surface area contributed by atoms with Crippen LogP contribution in [0.5, 0.6) is 5.75 Å². The van der Waals surface area contributed by atoms with Gasteiger partial charge in [0.2, 0.25) is 0 Å². The van der Waals surface area contributed by atoms with Gasteiger partial charge in [0.15, 0.2) is 0 Å². The number of aliphatic carboxylic acids is 1. The zero-order valence-corrected chi connectivity index (χ0v) is 18.4. The lowest BCUT2D eigenvalue weighted by atomic mass is 9.93. The third-order valence-corrected chi connectivity index (χ3v) is 5.61. The number of ether oxygens (including phenoxy) is 2. The van der Waals surface area contributed by atoms with E-state index in [2.05, 4.69) is 4.90 Å². The van der Waals surface area contributed by atoms with Gasteiger partial charge >= 0.3 is 5.97 Å². The van der Waals surface area contributed by atoms with E-state index < -0.39 is 11.6 Å². The lowest BCUT2D eigenvalue weighted by Gasteiger charge is -2.40. The minimum Gasteiger partial charge on any atom is -0.489 e. The molecule has 0 bridgehead atoms. The maximum atomic E-state index is 10.8. The lowest BCUT2D eigenvalue weighted by molar-refractivity contribution is -0.139. The number of morpholine rings is 1. The van der Waals surface area contributed by atoms with Crippen molar-refractivity contribution in [1.82, 2.24) is 4.90 Å². The zero-order chi connectivity index (χ0) is 20.1. The van der Waals surface area contributed by atoms with E-state index in [1.807, 2.05) is 31.2 Å². The molecule has 0 saturated carbocycles. The van der Waals surface area contributed by atoms with Crippen molar-refractivity contribution in [2.45, 2.75) is 25.6 Å². The number of hydrogen-bond acceptors (Lipinski definition) is 4. The normalized spacial score (nSPS) is 19.4. The monoisotopic (exact) mass is 459 g/mol. The van der Waals surface area contributed by atoms with Crippen LogP contribution in [0.1, 0.15) is 24.5 Å². The highest BCUT2D eigenvalue weighted by Crippen LogP contribution is 2.31. The van der Waals surface area contributed by atoms with E-state index in [1.165, 1.54) is 0 Å². The van der Waals surface area contributed by atoms with Gasteiger partial charge in [-0.25, -0.2) is 0 Å². The highest BCUT2D eigenvalue weighted by atomic mass is 35.5. The molecule has 1 saturated heterocycles. The van der Waals surface area contributed by atoms with Crippen LogP contribution >= 0.6 is 35.6 Å². The molecule has 0 aliphatic carbocycles. The van der Waals surface area contributed by atoms with E-state index >= 15 is 0 Å². The Morgan fingerprint density at radius 3 is 2.48 bits per heavy atom. The second-order valence-corrected chi connectivity index (χ2v) is 7.83. The summed E-state index contributed by atoms with van der Waals surface area (Å²) in [6.45, 7) is 4.79. The third kappa shape index (κ3) is 6.24. The number of hydrogen-bond donors (Lipinski definition) is 1. The van der Waals surface area contributed by atoms with Crippen molar-refractivity contribution < 1.29 is 19.4 Å². The van der Waals surface area contributed by atoms with Crippen LogP contribution in [0.2, 0.25) is 10.0 Å². The van der Waals surface area contributed by atoms with Gasteiger partial charge in [0.25, 0.3) is 0 Å². The van der Waals surface area contributed by atoms with E-state index in [0.29, 0.717) is 35.5 Å². The first-order valence-electron chi connectivity index (χ1n) is 9.12. The summed E-state index contributed by atoms with van der Waals surface area (Å²) in [4.78, 5) is 13.0. The standard InChI is InChI=1S/C21H23Cl2NO4.ClH/c1-21(14-24(11-12-28-21)10-9-20(25)26)15-5-7-16(8-6-15)27-13-17-18(22)3-2-4-19(17)23;/h2-8H,9-14H2,1H3,(H,25,26);1H. The number of rotatable bonds is 7. The molecular weight excluding hydrogens is 437 g/mol. The highest BCUT2D eigenvalue weighted by Gasteiger charge is 2.33. The van der Waals surface area contributed by atoms with Gasteiger partial charge in [0.1, 0.15) is 18.0 Å². The van der Waals surface area contributed by atoms with Crippen molar-refractivity contribution in [3.63, 3.8) is 0 Å². The summed E-state index contributed by atoms with van der Waals surface area (Å²) >= 11 is 12.4. The van der Waals surface area contributed by atoms with Gasteiger partial charge in [-0.2, -0.15) is 0 Å². The smallest absolute Gasteiger partial charge is 0.304 e. The number of carbonyl (C=O) groups is 1. The molecule has 3 rings (SSSR count). The Hall–Kier alpha value is -1.50. The predicted octanol–water partition coefficient (Wildman–Crippen LogP) is 5.02. The predicted molar refractivity (Wildman–Crippen MR) is 116 cm³/mol. The summed E-state index contributed by atoms with van der Waals surface area (Å²) in [6.07, 6.45) is 0.132.